The molecule has 2 aromatic carbocycles. The first-order valence-corrected chi connectivity index (χ1v) is 7.85. The molecule has 0 amide bonds. The first kappa shape index (κ1) is 13.6. The Labute approximate surface area is 122 Å². The van der Waals surface area contributed by atoms with Crippen molar-refractivity contribution in [1.82, 2.24) is 15.4 Å². The van der Waals surface area contributed by atoms with Gasteiger partial charge in [-0.05, 0) is 37.6 Å². The van der Waals surface area contributed by atoms with Crippen molar-refractivity contribution in [1.29, 1.82) is 0 Å². The second-order valence-electron chi connectivity index (χ2n) is 4.87. The highest BCUT2D eigenvalue weighted by atomic mass is 32.2. The highest BCUT2D eigenvalue weighted by Crippen LogP contribution is 2.25. The number of aromatic amines is 1. The van der Waals surface area contributed by atoms with Crippen molar-refractivity contribution in [2.45, 2.75) is 18.7 Å². The van der Waals surface area contributed by atoms with Crippen molar-refractivity contribution in [3.63, 3.8) is 0 Å². The van der Waals surface area contributed by atoms with Gasteiger partial charge in [0.15, 0.2) is 0 Å². The maximum Gasteiger partial charge on any atom is 0.261 e. The van der Waals surface area contributed by atoms with E-state index >= 15 is 0 Å². The second kappa shape index (κ2) is 4.85. The van der Waals surface area contributed by atoms with Crippen LogP contribution < -0.4 is 4.72 Å². The van der Waals surface area contributed by atoms with Crippen molar-refractivity contribution < 1.29 is 8.42 Å². The summed E-state index contributed by atoms with van der Waals surface area (Å²) in [5.41, 5.74) is 3.50. The largest absolute Gasteiger partial charge is 0.277 e. The van der Waals surface area contributed by atoms with E-state index < -0.39 is 10.0 Å². The van der Waals surface area contributed by atoms with Crippen LogP contribution in [0.25, 0.3) is 11.0 Å². The van der Waals surface area contributed by atoms with E-state index in [9.17, 15) is 8.42 Å². The fourth-order valence-electron chi connectivity index (χ4n) is 2.06. The van der Waals surface area contributed by atoms with Gasteiger partial charge in [-0.1, -0.05) is 23.8 Å². The summed E-state index contributed by atoms with van der Waals surface area (Å²) in [7, 11) is -3.64. The molecule has 0 saturated carbocycles. The Balaban J connectivity index is 2.03. The van der Waals surface area contributed by atoms with E-state index in [1.807, 2.05) is 13.8 Å². The number of nitrogens with one attached hydrogen (secondary N) is 2. The molecule has 21 heavy (non-hydrogen) atoms. The lowest BCUT2D eigenvalue weighted by molar-refractivity contribution is 0.601. The third-order valence-corrected chi connectivity index (χ3v) is 4.63. The van der Waals surface area contributed by atoms with Crippen LogP contribution in [0, 0.1) is 13.8 Å². The Bertz CT molecular complexity index is 898. The monoisotopic (exact) mass is 302 g/mol. The lowest BCUT2D eigenvalue weighted by atomic mass is 10.2. The lowest BCUT2D eigenvalue weighted by Gasteiger charge is -2.09. The summed E-state index contributed by atoms with van der Waals surface area (Å²) in [5.74, 6) is 0. The lowest BCUT2D eigenvalue weighted by Crippen LogP contribution is -2.13. The molecule has 1 aromatic heterocycles. The van der Waals surface area contributed by atoms with Crippen LogP contribution in [0.3, 0.4) is 0 Å². The number of rotatable bonds is 3. The van der Waals surface area contributed by atoms with E-state index in [4.69, 9.17) is 0 Å². The van der Waals surface area contributed by atoms with Gasteiger partial charge < -0.3 is 0 Å². The Hall–Kier alpha value is -2.41. The van der Waals surface area contributed by atoms with Gasteiger partial charge >= 0.3 is 0 Å². The van der Waals surface area contributed by atoms with E-state index in [1.165, 1.54) is 0 Å². The van der Waals surface area contributed by atoms with E-state index in [-0.39, 0.29) is 4.90 Å². The number of benzene rings is 2. The number of hydrogen-bond acceptors (Lipinski definition) is 4. The predicted octanol–water partition coefficient (Wildman–Crippen LogP) is 2.38. The van der Waals surface area contributed by atoms with Crippen molar-refractivity contribution in [3.05, 3.63) is 47.5 Å². The third-order valence-electron chi connectivity index (χ3n) is 3.25. The molecule has 0 spiro atoms. The van der Waals surface area contributed by atoms with E-state index in [2.05, 4.69) is 20.1 Å². The number of anilines is 1. The van der Waals surface area contributed by atoms with Gasteiger partial charge in [-0.2, -0.15) is 15.4 Å². The first-order valence-electron chi connectivity index (χ1n) is 6.37. The molecule has 0 aliphatic heterocycles. The molecule has 0 bridgehead atoms. The molecule has 3 rings (SSSR count). The van der Waals surface area contributed by atoms with Crippen LogP contribution in [0.2, 0.25) is 0 Å². The fourth-order valence-corrected chi connectivity index (χ4v) is 3.13. The Kier molecular flexibility index (Phi) is 3.13. The Morgan fingerprint density at radius 3 is 2.33 bits per heavy atom. The molecule has 0 saturated heterocycles. The van der Waals surface area contributed by atoms with Crippen LogP contribution in [0.5, 0.6) is 0 Å². The van der Waals surface area contributed by atoms with Gasteiger partial charge in [0.1, 0.15) is 11.0 Å². The number of fused-ring (bicyclic) bond motifs is 1. The van der Waals surface area contributed by atoms with E-state index in [0.717, 1.165) is 11.1 Å². The molecule has 2 N–H and O–H groups in total. The summed E-state index contributed by atoms with van der Waals surface area (Å²) in [6.45, 7) is 3.80. The van der Waals surface area contributed by atoms with Gasteiger partial charge in [0, 0.05) is 0 Å². The summed E-state index contributed by atoms with van der Waals surface area (Å²) >= 11 is 0. The minimum Gasteiger partial charge on any atom is -0.277 e. The highest BCUT2D eigenvalue weighted by molar-refractivity contribution is 7.92. The smallest absolute Gasteiger partial charge is 0.261 e. The van der Waals surface area contributed by atoms with Gasteiger partial charge in [-0.15, -0.1) is 0 Å². The molecule has 1 heterocycles. The quantitative estimate of drug-likeness (QED) is 0.777. The molecule has 7 heteroatoms. The van der Waals surface area contributed by atoms with Crippen molar-refractivity contribution in [2.24, 2.45) is 0 Å². The zero-order valence-corrected chi connectivity index (χ0v) is 12.4. The molecular weight excluding hydrogens is 288 g/mol. The molecule has 0 aliphatic rings. The van der Waals surface area contributed by atoms with Gasteiger partial charge in [-0.25, -0.2) is 8.42 Å². The summed E-state index contributed by atoms with van der Waals surface area (Å²) < 4.78 is 27.3. The molecule has 0 radical (unpaired) electrons. The number of sulfonamides is 1. The summed E-state index contributed by atoms with van der Waals surface area (Å²) in [4.78, 5) is 0.213. The zero-order chi connectivity index (χ0) is 15.0. The summed E-state index contributed by atoms with van der Waals surface area (Å²) in [6, 6.07) is 10.2. The number of H-pyrrole nitrogens is 1. The normalized spacial score (nSPS) is 11.7. The van der Waals surface area contributed by atoms with Gasteiger partial charge in [0.05, 0.1) is 10.6 Å². The number of hydrogen-bond donors (Lipinski definition) is 2. The molecule has 108 valence electrons. The number of aromatic nitrogens is 3. The maximum atomic E-state index is 12.4. The van der Waals surface area contributed by atoms with Crippen molar-refractivity contribution in [3.8, 4) is 0 Å². The molecule has 3 aromatic rings. The van der Waals surface area contributed by atoms with Crippen LogP contribution in [0.1, 0.15) is 11.1 Å². The second-order valence-corrected chi connectivity index (χ2v) is 6.55. The molecule has 0 unspecified atom stereocenters. The highest BCUT2D eigenvalue weighted by Gasteiger charge is 2.17. The van der Waals surface area contributed by atoms with Crippen LogP contribution >= 0.6 is 0 Å². The van der Waals surface area contributed by atoms with Crippen LogP contribution in [-0.2, 0) is 10.0 Å². The Morgan fingerprint density at radius 1 is 0.952 bits per heavy atom. The van der Waals surface area contributed by atoms with E-state index in [1.54, 1.807) is 36.4 Å². The minimum atomic E-state index is -3.64. The third kappa shape index (κ3) is 2.47. The predicted molar refractivity (Wildman–Crippen MR) is 80.6 cm³/mol. The van der Waals surface area contributed by atoms with Crippen LogP contribution in [0.15, 0.2) is 41.3 Å². The standard InChI is InChI=1S/C14H14N4O2S/c1-9-3-6-11(7-4-9)21(19,20)17-12-8-5-10(2)13-14(12)16-18-15-13/h3-8,17H,1-2H3,(H,15,16,18). The molecule has 0 aliphatic carbocycles. The average Bonchev–Trinajstić information content (AvgIpc) is 2.93. The minimum absolute atomic E-state index is 0.213. The van der Waals surface area contributed by atoms with Gasteiger partial charge in [0.25, 0.3) is 10.0 Å². The first-order chi connectivity index (χ1) is 9.97. The van der Waals surface area contributed by atoms with Crippen LogP contribution in [0.4, 0.5) is 5.69 Å². The maximum absolute atomic E-state index is 12.4. The summed E-state index contributed by atoms with van der Waals surface area (Å²) in [6.07, 6.45) is 0. The zero-order valence-electron chi connectivity index (χ0n) is 11.6. The van der Waals surface area contributed by atoms with Crippen LogP contribution in [-0.4, -0.2) is 23.8 Å². The molecule has 6 nitrogen and oxygen atoms in total. The van der Waals surface area contributed by atoms with Gasteiger partial charge in [0.2, 0.25) is 0 Å². The Morgan fingerprint density at radius 2 is 1.62 bits per heavy atom. The molecular formula is C14H14N4O2S. The average molecular weight is 302 g/mol. The SMILES string of the molecule is Cc1ccc(S(=O)(=O)Nc2ccc(C)c3n[nH]nc23)cc1. The topological polar surface area (TPSA) is 87.7 Å². The van der Waals surface area contributed by atoms with Gasteiger partial charge in [-0.3, -0.25) is 4.72 Å². The number of aryl methyl sites for hydroxylation is 2. The summed E-state index contributed by atoms with van der Waals surface area (Å²) in [5, 5.41) is 10.5. The molecule has 0 fully saturated rings. The van der Waals surface area contributed by atoms with E-state index in [0.29, 0.717) is 16.7 Å². The number of nitrogens with zero attached hydrogens (tertiary/aromatic N) is 2. The van der Waals surface area contributed by atoms with Crippen molar-refractivity contribution >= 4 is 26.7 Å². The molecule has 0 atom stereocenters. The van der Waals surface area contributed by atoms with Crippen molar-refractivity contribution in [2.75, 3.05) is 4.72 Å². The fraction of sp³-hybridized carbons (Fsp3) is 0.143.